The fraction of sp³-hybridized carbons (Fsp3) is 0.259. The van der Waals surface area contributed by atoms with Gasteiger partial charge in [-0.05, 0) is 55.3 Å². The number of aliphatic carboxylic acids is 1. The number of carbonyl (C=O) groups excluding carboxylic acids is 2. The second-order valence-electron chi connectivity index (χ2n) is 9.24. The molecule has 2 heterocycles. The van der Waals surface area contributed by atoms with Crippen molar-refractivity contribution in [1.29, 1.82) is 0 Å². The summed E-state index contributed by atoms with van der Waals surface area (Å²) >= 11 is 5.85. The number of hydrogen-bond acceptors (Lipinski definition) is 6. The maximum Gasteiger partial charge on any atom is 0.305 e. The molecule has 40 heavy (non-hydrogen) atoms. The Morgan fingerprint density at radius 1 is 1.12 bits per heavy atom. The van der Waals surface area contributed by atoms with E-state index in [1.54, 1.807) is 18.2 Å². The summed E-state index contributed by atoms with van der Waals surface area (Å²) in [7, 11) is -4.40. The van der Waals surface area contributed by atoms with Crippen LogP contribution in [-0.4, -0.2) is 64.8 Å². The minimum atomic E-state index is -4.40. The van der Waals surface area contributed by atoms with Gasteiger partial charge in [0.25, 0.3) is 11.8 Å². The van der Waals surface area contributed by atoms with Crippen LogP contribution in [0, 0.1) is 12.7 Å². The van der Waals surface area contributed by atoms with E-state index in [1.807, 2.05) is 13.0 Å². The van der Waals surface area contributed by atoms with Gasteiger partial charge in [0.05, 0.1) is 22.9 Å². The molecule has 1 aliphatic rings. The van der Waals surface area contributed by atoms with Crippen molar-refractivity contribution in [3.8, 4) is 0 Å². The number of rotatable bonds is 8. The van der Waals surface area contributed by atoms with Crippen LogP contribution in [0.15, 0.2) is 71.8 Å². The molecule has 1 fully saturated rings. The Morgan fingerprint density at radius 2 is 1.85 bits per heavy atom. The van der Waals surface area contributed by atoms with Crippen molar-refractivity contribution in [3.63, 3.8) is 0 Å². The lowest BCUT2D eigenvalue weighted by Gasteiger charge is -2.42. The number of nitrogens with zero attached hydrogens (tertiary/aromatic N) is 3. The molecule has 2 N–H and O–H groups in total. The van der Waals surface area contributed by atoms with Gasteiger partial charge in [0, 0.05) is 19.3 Å². The van der Waals surface area contributed by atoms with Crippen LogP contribution in [0.5, 0.6) is 0 Å². The summed E-state index contributed by atoms with van der Waals surface area (Å²) < 4.78 is 41.8. The van der Waals surface area contributed by atoms with E-state index >= 15 is 0 Å². The summed E-state index contributed by atoms with van der Waals surface area (Å²) in [5, 5.41) is 12.3. The lowest BCUT2D eigenvalue weighted by atomic mass is 10.0. The molecule has 2 atom stereocenters. The van der Waals surface area contributed by atoms with E-state index in [4.69, 9.17) is 11.6 Å². The van der Waals surface area contributed by atoms with Crippen LogP contribution in [0.4, 0.5) is 4.39 Å². The number of hydrogen-bond donors (Lipinski definition) is 2. The molecule has 10 nitrogen and oxygen atoms in total. The third-order valence-corrected chi connectivity index (χ3v) is 8.47. The zero-order valence-electron chi connectivity index (χ0n) is 21.3. The van der Waals surface area contributed by atoms with Crippen molar-refractivity contribution in [1.82, 2.24) is 19.5 Å². The molecule has 2 amide bonds. The van der Waals surface area contributed by atoms with Gasteiger partial charge in [-0.2, -0.15) is 4.31 Å². The van der Waals surface area contributed by atoms with Crippen LogP contribution in [0.25, 0.3) is 0 Å². The Bertz CT molecular complexity index is 1520. The number of carbonyl (C=O) groups is 3. The third kappa shape index (κ3) is 6.46. The second-order valence-corrected chi connectivity index (χ2v) is 11.5. The molecule has 1 aliphatic heterocycles. The fourth-order valence-electron chi connectivity index (χ4n) is 4.50. The van der Waals surface area contributed by atoms with E-state index in [9.17, 15) is 32.3 Å². The summed E-state index contributed by atoms with van der Waals surface area (Å²) in [5.74, 6) is -3.40. The van der Waals surface area contributed by atoms with E-state index in [2.05, 4.69) is 10.3 Å². The highest BCUT2D eigenvalue weighted by Crippen LogP contribution is 2.27. The molecule has 3 aromatic rings. The van der Waals surface area contributed by atoms with Crippen molar-refractivity contribution < 1.29 is 32.3 Å². The molecule has 4 rings (SSSR count). The van der Waals surface area contributed by atoms with E-state index in [1.165, 1.54) is 18.3 Å². The van der Waals surface area contributed by atoms with E-state index < -0.39 is 52.3 Å². The standard InChI is InChI=1S/C27H26ClFN4O6S/c1-17-4-2-5-18(14-17)22(15-24(34)35)31-25(36)26-32(27(37)19-6-11-23(28)30-16-19)12-3-13-33(26)40(38,39)21-9-7-20(29)8-10-21/h2,4-11,14,16,22,26H,3,12-13,15H2,1H3,(H,31,36)(H,34,35). The fourth-order valence-corrected chi connectivity index (χ4v) is 6.21. The number of nitrogens with one attached hydrogen (secondary N) is 1. The Kier molecular flexibility index (Phi) is 8.82. The van der Waals surface area contributed by atoms with Crippen LogP contribution >= 0.6 is 11.6 Å². The molecule has 13 heteroatoms. The van der Waals surface area contributed by atoms with Crippen molar-refractivity contribution in [2.75, 3.05) is 13.1 Å². The lowest BCUT2D eigenvalue weighted by Crippen LogP contribution is -2.63. The van der Waals surface area contributed by atoms with Gasteiger partial charge in [-0.15, -0.1) is 0 Å². The largest absolute Gasteiger partial charge is 0.481 e. The maximum atomic E-state index is 13.9. The molecular weight excluding hydrogens is 563 g/mol. The number of amides is 2. The zero-order valence-corrected chi connectivity index (χ0v) is 22.9. The number of halogens is 2. The minimum absolute atomic E-state index is 0.0308. The Hall–Kier alpha value is -3.87. The van der Waals surface area contributed by atoms with Crippen LogP contribution in [0.2, 0.25) is 5.15 Å². The highest BCUT2D eigenvalue weighted by atomic mass is 35.5. The zero-order chi connectivity index (χ0) is 29.0. The third-order valence-electron chi connectivity index (χ3n) is 6.38. The quantitative estimate of drug-likeness (QED) is 0.385. The number of aromatic nitrogens is 1. The van der Waals surface area contributed by atoms with Crippen LogP contribution in [0.3, 0.4) is 0 Å². The monoisotopic (exact) mass is 588 g/mol. The van der Waals surface area contributed by atoms with Gasteiger partial charge in [-0.3, -0.25) is 14.4 Å². The Balaban J connectivity index is 1.76. The maximum absolute atomic E-state index is 13.9. The van der Waals surface area contributed by atoms with Crippen LogP contribution in [-0.2, 0) is 19.6 Å². The first-order valence-electron chi connectivity index (χ1n) is 12.3. The van der Waals surface area contributed by atoms with Gasteiger partial charge in [-0.1, -0.05) is 41.4 Å². The minimum Gasteiger partial charge on any atom is -0.481 e. The molecule has 2 aromatic carbocycles. The molecule has 0 radical (unpaired) electrons. The highest BCUT2D eigenvalue weighted by molar-refractivity contribution is 7.89. The summed E-state index contributed by atoms with van der Waals surface area (Å²) in [5.41, 5.74) is 1.40. The summed E-state index contributed by atoms with van der Waals surface area (Å²) in [4.78, 5) is 43.9. The van der Waals surface area contributed by atoms with Crippen molar-refractivity contribution in [3.05, 3.63) is 94.5 Å². The molecule has 0 spiro atoms. The lowest BCUT2D eigenvalue weighted by molar-refractivity contribution is -0.138. The number of aryl methyl sites for hydroxylation is 1. The van der Waals surface area contributed by atoms with E-state index in [0.717, 1.165) is 39.0 Å². The average Bonchev–Trinajstić information content (AvgIpc) is 2.92. The van der Waals surface area contributed by atoms with E-state index in [-0.39, 0.29) is 35.1 Å². The van der Waals surface area contributed by atoms with Gasteiger partial charge >= 0.3 is 5.97 Å². The first-order valence-corrected chi connectivity index (χ1v) is 14.1. The number of benzene rings is 2. The number of sulfonamides is 1. The smallest absolute Gasteiger partial charge is 0.305 e. The van der Waals surface area contributed by atoms with Crippen LogP contribution < -0.4 is 5.32 Å². The normalized spacial score (nSPS) is 16.8. The predicted octanol–water partition coefficient (Wildman–Crippen LogP) is 3.38. The van der Waals surface area contributed by atoms with Crippen molar-refractivity contribution in [2.45, 2.75) is 36.9 Å². The molecule has 1 saturated heterocycles. The molecule has 2 unspecified atom stereocenters. The van der Waals surface area contributed by atoms with Crippen LogP contribution in [0.1, 0.15) is 40.4 Å². The molecule has 0 bridgehead atoms. The molecule has 210 valence electrons. The van der Waals surface area contributed by atoms with Gasteiger partial charge in [0.1, 0.15) is 11.0 Å². The first-order chi connectivity index (χ1) is 19.0. The van der Waals surface area contributed by atoms with Gasteiger partial charge in [0.15, 0.2) is 6.17 Å². The second kappa shape index (κ2) is 12.1. The summed E-state index contributed by atoms with van der Waals surface area (Å²) in [6.07, 6.45) is -0.740. The average molecular weight is 589 g/mol. The van der Waals surface area contributed by atoms with Gasteiger partial charge in [-0.25, -0.2) is 17.8 Å². The van der Waals surface area contributed by atoms with Crippen molar-refractivity contribution >= 4 is 39.4 Å². The van der Waals surface area contributed by atoms with Crippen molar-refractivity contribution in [2.24, 2.45) is 0 Å². The number of carboxylic acid groups (broad SMARTS) is 1. The predicted molar refractivity (Wildman–Crippen MR) is 143 cm³/mol. The topological polar surface area (TPSA) is 137 Å². The highest BCUT2D eigenvalue weighted by Gasteiger charge is 2.45. The Labute approximate surface area is 235 Å². The molecule has 0 aliphatic carbocycles. The molecule has 1 aromatic heterocycles. The summed E-state index contributed by atoms with van der Waals surface area (Å²) in [6, 6.07) is 12.8. The van der Waals surface area contributed by atoms with E-state index in [0.29, 0.717) is 5.56 Å². The summed E-state index contributed by atoms with van der Waals surface area (Å²) in [6.45, 7) is 1.72. The molecular formula is C27H26ClFN4O6S. The SMILES string of the molecule is Cc1cccc(C(CC(=O)O)NC(=O)C2N(C(=O)c3ccc(Cl)nc3)CCCN2S(=O)(=O)c2ccc(F)cc2)c1. The number of carboxylic acids is 1. The van der Waals surface area contributed by atoms with Gasteiger partial charge in [0.2, 0.25) is 10.0 Å². The number of pyridine rings is 1. The molecule has 0 saturated carbocycles. The Morgan fingerprint density at radius 3 is 2.48 bits per heavy atom. The van der Waals surface area contributed by atoms with Gasteiger partial charge < -0.3 is 15.3 Å². The first kappa shape index (κ1) is 29.1.